The maximum Gasteiger partial charge on any atom is 0.317 e. The highest BCUT2D eigenvalue weighted by Crippen LogP contribution is 2.15. The second kappa shape index (κ2) is 7.86. The molecular formula is C19H23N5O2. The Hall–Kier alpha value is -3.09. The molecule has 0 fully saturated rings. The molecule has 2 aromatic heterocycles. The number of aryl methyl sites for hydroxylation is 2. The van der Waals surface area contributed by atoms with E-state index < -0.39 is 0 Å². The zero-order valence-corrected chi connectivity index (χ0v) is 15.3. The molecular weight excluding hydrogens is 330 g/mol. The van der Waals surface area contributed by atoms with Crippen LogP contribution in [0.4, 0.5) is 4.79 Å². The third kappa shape index (κ3) is 4.11. The summed E-state index contributed by atoms with van der Waals surface area (Å²) in [6, 6.07) is 9.80. The molecule has 2 heterocycles. The topological polar surface area (TPSA) is 76.2 Å². The highest BCUT2D eigenvalue weighted by atomic mass is 16.5. The van der Waals surface area contributed by atoms with Gasteiger partial charge in [-0.3, -0.25) is 4.68 Å². The van der Waals surface area contributed by atoms with Gasteiger partial charge >= 0.3 is 6.03 Å². The molecule has 0 radical (unpaired) electrons. The summed E-state index contributed by atoms with van der Waals surface area (Å²) in [6.07, 6.45) is 3.68. The van der Waals surface area contributed by atoms with Gasteiger partial charge in [-0.25, -0.2) is 4.79 Å². The second-order valence-electron chi connectivity index (χ2n) is 6.29. The van der Waals surface area contributed by atoms with Crippen LogP contribution in [0.1, 0.15) is 28.1 Å². The number of benzene rings is 1. The number of rotatable bonds is 6. The van der Waals surface area contributed by atoms with Crippen LogP contribution in [0.25, 0.3) is 0 Å². The summed E-state index contributed by atoms with van der Waals surface area (Å²) >= 11 is 0. The molecule has 0 bridgehead atoms. The molecule has 2 amide bonds. The third-order valence-corrected chi connectivity index (χ3v) is 4.36. The fraction of sp³-hybridized carbons (Fsp3) is 0.316. The van der Waals surface area contributed by atoms with Gasteiger partial charge in [-0.05, 0) is 31.0 Å². The fourth-order valence-electron chi connectivity index (χ4n) is 2.80. The van der Waals surface area contributed by atoms with E-state index >= 15 is 0 Å². The van der Waals surface area contributed by atoms with Crippen molar-refractivity contribution in [1.29, 1.82) is 0 Å². The minimum Gasteiger partial charge on any atom is -0.361 e. The van der Waals surface area contributed by atoms with Gasteiger partial charge in [0, 0.05) is 31.5 Å². The standard InChI is InChI=1S/C19H23N5O2/c1-14-18(15(2)26-22-14)13-23(3)19(25)20-11-16-7-4-5-8-17(16)12-24-10-6-9-21-24/h4-10H,11-13H2,1-3H3,(H,20,25). The molecule has 0 saturated heterocycles. The minimum absolute atomic E-state index is 0.140. The van der Waals surface area contributed by atoms with Crippen LogP contribution in [0.5, 0.6) is 0 Å². The lowest BCUT2D eigenvalue weighted by Gasteiger charge is -2.18. The summed E-state index contributed by atoms with van der Waals surface area (Å²) < 4.78 is 7.02. The Kier molecular flexibility index (Phi) is 5.36. The number of amides is 2. The van der Waals surface area contributed by atoms with E-state index in [-0.39, 0.29) is 6.03 Å². The van der Waals surface area contributed by atoms with Crippen molar-refractivity contribution < 1.29 is 9.32 Å². The molecule has 26 heavy (non-hydrogen) atoms. The molecule has 7 nitrogen and oxygen atoms in total. The Labute approximate surface area is 152 Å². The number of nitrogens with one attached hydrogen (secondary N) is 1. The normalized spacial score (nSPS) is 10.7. The van der Waals surface area contributed by atoms with Crippen molar-refractivity contribution in [3.8, 4) is 0 Å². The van der Waals surface area contributed by atoms with Gasteiger partial charge in [0.15, 0.2) is 0 Å². The Morgan fingerprint density at radius 1 is 1.23 bits per heavy atom. The summed E-state index contributed by atoms with van der Waals surface area (Å²) in [5.74, 6) is 0.742. The van der Waals surface area contributed by atoms with Crippen LogP contribution < -0.4 is 5.32 Å². The molecule has 0 aliphatic carbocycles. The molecule has 7 heteroatoms. The molecule has 0 atom stereocenters. The van der Waals surface area contributed by atoms with Crippen molar-refractivity contribution in [3.05, 3.63) is 70.9 Å². The molecule has 1 N–H and O–H groups in total. The van der Waals surface area contributed by atoms with E-state index in [9.17, 15) is 4.79 Å². The molecule has 136 valence electrons. The number of carbonyl (C=O) groups excluding carboxylic acids is 1. The zero-order valence-electron chi connectivity index (χ0n) is 15.3. The highest BCUT2D eigenvalue weighted by Gasteiger charge is 2.15. The van der Waals surface area contributed by atoms with Crippen molar-refractivity contribution in [2.45, 2.75) is 33.5 Å². The number of hydrogen-bond acceptors (Lipinski definition) is 4. The van der Waals surface area contributed by atoms with Crippen LogP contribution in [0.3, 0.4) is 0 Å². The first-order valence-electron chi connectivity index (χ1n) is 8.49. The average Bonchev–Trinajstić information content (AvgIpc) is 3.25. The summed E-state index contributed by atoms with van der Waals surface area (Å²) in [4.78, 5) is 14.1. The smallest absolute Gasteiger partial charge is 0.317 e. The van der Waals surface area contributed by atoms with Gasteiger partial charge in [0.2, 0.25) is 0 Å². The first kappa shape index (κ1) is 17.7. The fourth-order valence-corrected chi connectivity index (χ4v) is 2.80. The molecule has 1 aromatic carbocycles. The summed E-state index contributed by atoms with van der Waals surface area (Å²) in [7, 11) is 1.76. The molecule has 0 spiro atoms. The van der Waals surface area contributed by atoms with Crippen LogP contribution in [0.2, 0.25) is 0 Å². The predicted octanol–water partition coefficient (Wildman–Crippen LogP) is 2.88. The van der Waals surface area contributed by atoms with Crippen LogP contribution in [-0.4, -0.2) is 32.9 Å². The molecule has 3 aromatic rings. The Bertz CT molecular complexity index is 850. The lowest BCUT2D eigenvalue weighted by Crippen LogP contribution is -2.36. The van der Waals surface area contributed by atoms with E-state index in [4.69, 9.17) is 4.52 Å². The van der Waals surface area contributed by atoms with E-state index in [0.29, 0.717) is 19.6 Å². The van der Waals surface area contributed by atoms with E-state index in [1.54, 1.807) is 18.1 Å². The molecule has 0 aliphatic rings. The lowest BCUT2D eigenvalue weighted by molar-refractivity contribution is 0.206. The average molecular weight is 353 g/mol. The number of urea groups is 1. The maximum atomic E-state index is 12.4. The largest absolute Gasteiger partial charge is 0.361 e. The van der Waals surface area contributed by atoms with Gasteiger partial charge in [0.1, 0.15) is 5.76 Å². The Morgan fingerprint density at radius 2 is 2.00 bits per heavy atom. The van der Waals surface area contributed by atoms with Gasteiger partial charge < -0.3 is 14.7 Å². The van der Waals surface area contributed by atoms with Crippen LogP contribution in [0.15, 0.2) is 47.2 Å². The van der Waals surface area contributed by atoms with Crippen molar-refractivity contribution in [3.63, 3.8) is 0 Å². The molecule has 0 aliphatic heterocycles. The van der Waals surface area contributed by atoms with Crippen LogP contribution in [0, 0.1) is 13.8 Å². The number of nitrogens with zero attached hydrogens (tertiary/aromatic N) is 4. The van der Waals surface area contributed by atoms with Gasteiger partial charge in [0.25, 0.3) is 0 Å². The first-order chi connectivity index (χ1) is 12.5. The Morgan fingerprint density at radius 3 is 2.65 bits per heavy atom. The number of carbonyl (C=O) groups is 1. The zero-order chi connectivity index (χ0) is 18.5. The summed E-state index contributed by atoms with van der Waals surface area (Å²) in [5, 5.41) is 11.1. The predicted molar refractivity (Wildman–Crippen MR) is 97.5 cm³/mol. The monoisotopic (exact) mass is 353 g/mol. The summed E-state index contributed by atoms with van der Waals surface area (Å²) in [6.45, 7) is 5.33. The first-order valence-corrected chi connectivity index (χ1v) is 8.49. The number of aromatic nitrogens is 3. The molecule has 3 rings (SSSR count). The van der Waals surface area contributed by atoms with Gasteiger partial charge in [0.05, 0.1) is 18.8 Å². The summed E-state index contributed by atoms with van der Waals surface area (Å²) in [5.41, 5.74) is 3.96. The Balaban J connectivity index is 1.61. The molecule has 0 unspecified atom stereocenters. The van der Waals surface area contributed by atoms with E-state index in [1.165, 1.54) is 0 Å². The van der Waals surface area contributed by atoms with Gasteiger partial charge in [-0.2, -0.15) is 5.10 Å². The molecule has 0 saturated carbocycles. The second-order valence-corrected chi connectivity index (χ2v) is 6.29. The van der Waals surface area contributed by atoms with Crippen LogP contribution >= 0.6 is 0 Å². The van der Waals surface area contributed by atoms with E-state index in [1.807, 2.05) is 49.0 Å². The highest BCUT2D eigenvalue weighted by molar-refractivity contribution is 5.74. The minimum atomic E-state index is -0.140. The van der Waals surface area contributed by atoms with E-state index in [2.05, 4.69) is 21.6 Å². The van der Waals surface area contributed by atoms with Crippen molar-refractivity contribution in [2.75, 3.05) is 7.05 Å². The van der Waals surface area contributed by atoms with Crippen molar-refractivity contribution in [1.82, 2.24) is 25.2 Å². The quantitative estimate of drug-likeness (QED) is 0.739. The third-order valence-electron chi connectivity index (χ3n) is 4.36. The van der Waals surface area contributed by atoms with Crippen LogP contribution in [-0.2, 0) is 19.6 Å². The maximum absolute atomic E-state index is 12.4. The lowest BCUT2D eigenvalue weighted by atomic mass is 10.1. The van der Waals surface area contributed by atoms with Crippen molar-refractivity contribution in [2.24, 2.45) is 0 Å². The van der Waals surface area contributed by atoms with Gasteiger partial charge in [-0.15, -0.1) is 0 Å². The van der Waals surface area contributed by atoms with E-state index in [0.717, 1.165) is 28.1 Å². The van der Waals surface area contributed by atoms with Gasteiger partial charge in [-0.1, -0.05) is 29.4 Å². The van der Waals surface area contributed by atoms with Crippen molar-refractivity contribution >= 4 is 6.03 Å². The SMILES string of the molecule is Cc1noc(C)c1CN(C)C(=O)NCc1ccccc1Cn1cccn1. The number of hydrogen-bond donors (Lipinski definition) is 1.